The van der Waals surface area contributed by atoms with Gasteiger partial charge in [-0.15, -0.1) is 0 Å². The Hall–Kier alpha value is -1.52. The van der Waals surface area contributed by atoms with Crippen LogP contribution in [-0.2, 0) is 16.1 Å². The minimum absolute atomic E-state index is 0.0375. The molecule has 1 heterocycles. The van der Waals surface area contributed by atoms with Crippen LogP contribution in [0.2, 0.25) is 0 Å². The zero-order valence-electron chi connectivity index (χ0n) is 5.07. The number of carbonyl (C=O) groups excluding carboxylic acids is 1. The second-order valence-corrected chi connectivity index (χ2v) is 1.65. The van der Waals surface area contributed by atoms with E-state index < -0.39 is 0 Å². The zero-order valence-corrected chi connectivity index (χ0v) is 5.07. The van der Waals surface area contributed by atoms with Crippen LogP contribution in [0.3, 0.4) is 0 Å². The van der Waals surface area contributed by atoms with Gasteiger partial charge in [0.15, 0.2) is 0 Å². The van der Waals surface area contributed by atoms with E-state index in [1.807, 2.05) is 0 Å². The standard InChI is InChI=1S/C5H6N2O3/c8-3-10-2-4-1-5(9)7-6-4/h1,3H,2H2,(H2,6,7,9). The normalized spacial score (nSPS) is 9.20. The van der Waals surface area contributed by atoms with Crippen LogP contribution in [0.15, 0.2) is 6.07 Å². The molecule has 0 aromatic carbocycles. The summed E-state index contributed by atoms with van der Waals surface area (Å²) in [4.78, 5) is 9.66. The van der Waals surface area contributed by atoms with Crippen molar-refractivity contribution in [2.24, 2.45) is 0 Å². The molecule has 10 heavy (non-hydrogen) atoms. The molecule has 5 nitrogen and oxygen atoms in total. The fourth-order valence-electron chi connectivity index (χ4n) is 0.545. The quantitative estimate of drug-likeness (QED) is 0.572. The topological polar surface area (TPSA) is 75.2 Å². The van der Waals surface area contributed by atoms with E-state index in [0.717, 1.165) is 0 Å². The van der Waals surface area contributed by atoms with Crippen LogP contribution in [0.4, 0.5) is 0 Å². The van der Waals surface area contributed by atoms with E-state index in [1.54, 1.807) is 0 Å². The molecule has 1 aromatic heterocycles. The van der Waals surface area contributed by atoms with E-state index in [4.69, 9.17) is 5.11 Å². The van der Waals surface area contributed by atoms with Gasteiger partial charge in [-0.1, -0.05) is 0 Å². The maximum absolute atomic E-state index is 9.66. The summed E-state index contributed by atoms with van der Waals surface area (Å²) in [6.07, 6.45) is 0. The van der Waals surface area contributed by atoms with Crippen molar-refractivity contribution in [3.05, 3.63) is 11.8 Å². The van der Waals surface area contributed by atoms with Gasteiger partial charge in [0.2, 0.25) is 5.88 Å². The van der Waals surface area contributed by atoms with Gasteiger partial charge in [-0.3, -0.25) is 4.79 Å². The third-order valence-corrected chi connectivity index (χ3v) is 0.917. The van der Waals surface area contributed by atoms with Crippen molar-refractivity contribution in [3.8, 4) is 5.88 Å². The predicted octanol–water partition coefficient (Wildman–Crippen LogP) is -0.212. The lowest BCUT2D eigenvalue weighted by molar-refractivity contribution is -0.129. The third-order valence-electron chi connectivity index (χ3n) is 0.917. The number of carbonyl (C=O) groups is 1. The van der Waals surface area contributed by atoms with Gasteiger partial charge in [0.25, 0.3) is 6.47 Å². The molecule has 0 spiro atoms. The first-order chi connectivity index (χ1) is 4.83. The van der Waals surface area contributed by atoms with Crippen LogP contribution in [0, 0.1) is 0 Å². The molecule has 0 aliphatic heterocycles. The third kappa shape index (κ3) is 1.48. The van der Waals surface area contributed by atoms with Crippen LogP contribution in [0.25, 0.3) is 0 Å². The molecule has 2 N–H and O–H groups in total. The number of nitrogens with zero attached hydrogens (tertiary/aromatic N) is 1. The van der Waals surface area contributed by atoms with Crippen LogP contribution in [0.5, 0.6) is 5.88 Å². The van der Waals surface area contributed by atoms with E-state index in [1.165, 1.54) is 6.07 Å². The van der Waals surface area contributed by atoms with Crippen molar-refractivity contribution < 1.29 is 14.6 Å². The molecular formula is C5H6N2O3. The van der Waals surface area contributed by atoms with Gasteiger partial charge in [0.05, 0.1) is 0 Å². The Bertz CT molecular complexity index is 220. The highest BCUT2D eigenvalue weighted by Crippen LogP contribution is 2.04. The van der Waals surface area contributed by atoms with Crippen molar-refractivity contribution in [2.45, 2.75) is 6.61 Å². The van der Waals surface area contributed by atoms with Gasteiger partial charge in [-0.2, -0.15) is 5.10 Å². The van der Waals surface area contributed by atoms with Gasteiger partial charge < -0.3 is 9.84 Å². The SMILES string of the molecule is O=COCc1cc(O)[nH]n1. The molecule has 0 aliphatic carbocycles. The minimum atomic E-state index is -0.0375. The largest absolute Gasteiger partial charge is 0.494 e. The molecule has 0 amide bonds. The number of aromatic amines is 1. The number of H-pyrrole nitrogens is 1. The number of aromatic nitrogens is 2. The summed E-state index contributed by atoms with van der Waals surface area (Å²) in [6.45, 7) is 0.409. The Morgan fingerprint density at radius 3 is 3.20 bits per heavy atom. The average Bonchev–Trinajstić information content (AvgIpc) is 2.31. The number of aromatic hydroxyl groups is 1. The maximum atomic E-state index is 9.66. The summed E-state index contributed by atoms with van der Waals surface area (Å²) < 4.78 is 4.36. The smallest absolute Gasteiger partial charge is 0.293 e. The predicted molar refractivity (Wildman–Crippen MR) is 31.1 cm³/mol. The molecule has 0 atom stereocenters. The van der Waals surface area contributed by atoms with E-state index in [9.17, 15) is 4.79 Å². The second-order valence-electron chi connectivity index (χ2n) is 1.65. The first-order valence-corrected chi connectivity index (χ1v) is 2.61. The summed E-state index contributed by atoms with van der Waals surface area (Å²) in [5, 5.41) is 14.6. The van der Waals surface area contributed by atoms with Gasteiger partial charge in [0.1, 0.15) is 12.3 Å². The van der Waals surface area contributed by atoms with E-state index in [2.05, 4.69) is 14.9 Å². The molecule has 5 heteroatoms. The lowest BCUT2D eigenvalue weighted by Gasteiger charge is -1.89. The molecule has 0 radical (unpaired) electrons. The lowest BCUT2D eigenvalue weighted by Crippen LogP contribution is -1.89. The highest BCUT2D eigenvalue weighted by Gasteiger charge is 1.97. The zero-order chi connectivity index (χ0) is 7.40. The Balaban J connectivity index is 2.49. The monoisotopic (exact) mass is 142 g/mol. The Morgan fingerprint density at radius 2 is 2.70 bits per heavy atom. The highest BCUT2D eigenvalue weighted by molar-refractivity contribution is 5.37. The number of hydrogen-bond acceptors (Lipinski definition) is 4. The van der Waals surface area contributed by atoms with Crippen molar-refractivity contribution >= 4 is 6.47 Å². The van der Waals surface area contributed by atoms with Crippen LogP contribution < -0.4 is 0 Å². The highest BCUT2D eigenvalue weighted by atomic mass is 16.5. The average molecular weight is 142 g/mol. The van der Waals surface area contributed by atoms with Crippen molar-refractivity contribution in [3.63, 3.8) is 0 Å². The molecule has 0 fully saturated rings. The van der Waals surface area contributed by atoms with Crippen LogP contribution in [0.1, 0.15) is 5.69 Å². The lowest BCUT2D eigenvalue weighted by atomic mass is 10.5. The minimum Gasteiger partial charge on any atom is -0.494 e. The summed E-state index contributed by atoms with van der Waals surface area (Å²) in [5.74, 6) is -0.0375. The molecule has 0 unspecified atom stereocenters. The molecule has 0 bridgehead atoms. The Labute approximate surface area is 56.6 Å². The number of rotatable bonds is 3. The fraction of sp³-hybridized carbons (Fsp3) is 0.200. The summed E-state index contributed by atoms with van der Waals surface area (Å²) in [5.41, 5.74) is 0.490. The summed E-state index contributed by atoms with van der Waals surface area (Å²) in [6, 6.07) is 1.38. The Morgan fingerprint density at radius 1 is 1.90 bits per heavy atom. The van der Waals surface area contributed by atoms with Crippen LogP contribution >= 0.6 is 0 Å². The Kier molecular flexibility index (Phi) is 1.89. The second kappa shape index (κ2) is 2.86. The molecule has 54 valence electrons. The number of nitrogens with one attached hydrogen (secondary N) is 1. The molecule has 1 rings (SSSR count). The molecule has 1 aromatic rings. The van der Waals surface area contributed by atoms with Gasteiger partial charge in [-0.25, -0.2) is 5.10 Å². The first-order valence-electron chi connectivity index (χ1n) is 2.61. The van der Waals surface area contributed by atoms with Gasteiger partial charge >= 0.3 is 0 Å². The van der Waals surface area contributed by atoms with E-state index in [-0.39, 0.29) is 12.5 Å². The van der Waals surface area contributed by atoms with Crippen LogP contribution in [-0.4, -0.2) is 21.8 Å². The fourth-order valence-corrected chi connectivity index (χ4v) is 0.545. The molecule has 0 aliphatic rings. The summed E-state index contributed by atoms with van der Waals surface area (Å²) >= 11 is 0. The maximum Gasteiger partial charge on any atom is 0.293 e. The van der Waals surface area contributed by atoms with Crippen molar-refractivity contribution in [1.82, 2.24) is 10.2 Å². The number of ether oxygens (including phenoxy) is 1. The van der Waals surface area contributed by atoms with E-state index in [0.29, 0.717) is 12.2 Å². The molecule has 0 saturated heterocycles. The van der Waals surface area contributed by atoms with Crippen molar-refractivity contribution in [2.75, 3.05) is 0 Å². The molecular weight excluding hydrogens is 136 g/mol. The summed E-state index contributed by atoms with van der Waals surface area (Å²) in [7, 11) is 0. The van der Waals surface area contributed by atoms with Gasteiger partial charge in [0, 0.05) is 6.07 Å². The van der Waals surface area contributed by atoms with Crippen molar-refractivity contribution in [1.29, 1.82) is 0 Å². The number of hydrogen-bond donors (Lipinski definition) is 2. The van der Waals surface area contributed by atoms with E-state index >= 15 is 0 Å². The van der Waals surface area contributed by atoms with Gasteiger partial charge in [-0.05, 0) is 0 Å². The first kappa shape index (κ1) is 6.60. The molecule has 0 saturated carbocycles.